The first-order valence-corrected chi connectivity index (χ1v) is 9.38. The third-order valence-corrected chi connectivity index (χ3v) is 7.16. The van der Waals surface area contributed by atoms with Crippen LogP contribution in [-0.2, 0) is 21.3 Å². The molecule has 0 atom stereocenters. The summed E-state index contributed by atoms with van der Waals surface area (Å²) in [5.41, 5.74) is -0.443. The van der Waals surface area contributed by atoms with Gasteiger partial charge in [0.1, 0.15) is 4.90 Å². The summed E-state index contributed by atoms with van der Waals surface area (Å²) in [4.78, 5) is 1.34. The number of nitrogens with zero attached hydrogens (tertiary/aromatic N) is 1. The summed E-state index contributed by atoms with van der Waals surface area (Å²) < 4.78 is 33.2. The van der Waals surface area contributed by atoms with Crippen LogP contribution in [0.25, 0.3) is 0 Å². The average Bonchev–Trinajstić information content (AvgIpc) is 2.70. The first-order valence-electron chi connectivity index (χ1n) is 6.33. The van der Waals surface area contributed by atoms with Crippen molar-refractivity contribution in [2.75, 3.05) is 26.7 Å². The fourth-order valence-corrected chi connectivity index (χ4v) is 6.37. The van der Waals surface area contributed by atoms with Crippen molar-refractivity contribution in [1.82, 2.24) is 9.62 Å². The first-order chi connectivity index (χ1) is 9.26. The molecule has 0 spiro atoms. The van der Waals surface area contributed by atoms with E-state index in [1.807, 2.05) is 20.9 Å². The summed E-state index contributed by atoms with van der Waals surface area (Å²) in [6, 6.07) is 1.74. The number of halogens is 1. The van der Waals surface area contributed by atoms with Gasteiger partial charge in [-0.25, -0.2) is 8.42 Å². The maximum atomic E-state index is 12.7. The molecule has 2 rings (SSSR count). The molecular formula is C12H19BrN2O3S2. The van der Waals surface area contributed by atoms with E-state index in [9.17, 15) is 8.42 Å². The minimum absolute atomic E-state index is 0.352. The Morgan fingerprint density at radius 2 is 2.25 bits per heavy atom. The molecule has 0 aliphatic carbocycles. The highest BCUT2D eigenvalue weighted by Gasteiger charge is 2.36. The molecule has 1 fully saturated rings. The van der Waals surface area contributed by atoms with Gasteiger partial charge in [0.15, 0.2) is 0 Å². The van der Waals surface area contributed by atoms with Crippen LogP contribution >= 0.6 is 27.3 Å². The van der Waals surface area contributed by atoms with Crippen LogP contribution in [0.1, 0.15) is 18.7 Å². The van der Waals surface area contributed by atoms with E-state index in [1.54, 1.807) is 6.07 Å². The molecule has 0 amide bonds. The minimum Gasteiger partial charge on any atom is -0.373 e. The zero-order chi connectivity index (χ0) is 15.0. The van der Waals surface area contributed by atoms with E-state index in [2.05, 4.69) is 21.2 Å². The van der Waals surface area contributed by atoms with Gasteiger partial charge in [0.2, 0.25) is 10.0 Å². The average molecular weight is 383 g/mol. The molecule has 0 saturated carbocycles. The molecule has 2 heterocycles. The SMILES string of the molecule is CNCc1cc(S(=O)(=O)N2CCOC(C)(C)C2)c(Br)s1. The van der Waals surface area contributed by atoms with Gasteiger partial charge in [0.05, 0.1) is 16.0 Å². The number of ether oxygens (including phenoxy) is 1. The van der Waals surface area contributed by atoms with Gasteiger partial charge in [-0.15, -0.1) is 11.3 Å². The Hall–Kier alpha value is 0.01000. The van der Waals surface area contributed by atoms with Crippen molar-refractivity contribution in [3.63, 3.8) is 0 Å². The molecule has 0 aromatic carbocycles. The Labute approximate surface area is 132 Å². The van der Waals surface area contributed by atoms with Gasteiger partial charge < -0.3 is 10.1 Å². The molecule has 1 aromatic heterocycles. The number of morpholine rings is 1. The van der Waals surface area contributed by atoms with Crippen molar-refractivity contribution in [2.24, 2.45) is 0 Å². The number of sulfonamides is 1. The van der Waals surface area contributed by atoms with Crippen LogP contribution in [0.5, 0.6) is 0 Å². The fraction of sp³-hybridized carbons (Fsp3) is 0.667. The second kappa shape index (κ2) is 6.02. The Morgan fingerprint density at radius 1 is 1.55 bits per heavy atom. The lowest BCUT2D eigenvalue weighted by Gasteiger charge is -2.37. The largest absolute Gasteiger partial charge is 0.373 e. The highest BCUT2D eigenvalue weighted by atomic mass is 79.9. The number of hydrogen-bond acceptors (Lipinski definition) is 5. The lowest BCUT2D eigenvalue weighted by atomic mass is 10.1. The third-order valence-electron chi connectivity index (χ3n) is 3.07. The van der Waals surface area contributed by atoms with Crippen molar-refractivity contribution in [3.8, 4) is 0 Å². The van der Waals surface area contributed by atoms with Crippen molar-refractivity contribution in [3.05, 3.63) is 14.7 Å². The van der Waals surface area contributed by atoms with E-state index in [1.165, 1.54) is 15.6 Å². The number of rotatable bonds is 4. The highest BCUT2D eigenvalue weighted by molar-refractivity contribution is 9.11. The van der Waals surface area contributed by atoms with Gasteiger partial charge in [-0.3, -0.25) is 0 Å². The maximum absolute atomic E-state index is 12.7. The Kier molecular flexibility index (Phi) is 4.93. The Morgan fingerprint density at radius 3 is 2.85 bits per heavy atom. The van der Waals surface area contributed by atoms with Crippen molar-refractivity contribution in [2.45, 2.75) is 30.9 Å². The van der Waals surface area contributed by atoms with Crippen LogP contribution in [0, 0.1) is 0 Å². The number of hydrogen-bond donors (Lipinski definition) is 1. The summed E-state index contributed by atoms with van der Waals surface area (Å²) in [5.74, 6) is 0. The molecule has 1 aliphatic heterocycles. The zero-order valence-electron chi connectivity index (χ0n) is 11.8. The van der Waals surface area contributed by atoms with Crippen LogP contribution in [-0.4, -0.2) is 45.1 Å². The van der Waals surface area contributed by atoms with Crippen molar-refractivity contribution >= 4 is 37.3 Å². The predicted octanol–water partition coefficient (Wildman–Crippen LogP) is 2.03. The van der Waals surface area contributed by atoms with Crippen molar-refractivity contribution in [1.29, 1.82) is 0 Å². The van der Waals surface area contributed by atoms with Gasteiger partial charge in [-0.1, -0.05) is 0 Å². The van der Waals surface area contributed by atoms with E-state index < -0.39 is 15.6 Å². The molecule has 8 heteroatoms. The lowest BCUT2D eigenvalue weighted by molar-refractivity contribution is -0.0640. The second-order valence-electron chi connectivity index (χ2n) is 5.33. The normalized spacial score (nSPS) is 20.2. The summed E-state index contributed by atoms with van der Waals surface area (Å²) in [6.45, 7) is 5.67. The fourth-order valence-electron chi connectivity index (χ4n) is 2.15. The summed E-state index contributed by atoms with van der Waals surface area (Å²) in [5, 5.41) is 3.03. The summed E-state index contributed by atoms with van der Waals surface area (Å²) in [6.07, 6.45) is 0. The molecule has 1 aromatic rings. The van der Waals surface area contributed by atoms with Gasteiger partial charge in [0.25, 0.3) is 0 Å². The van der Waals surface area contributed by atoms with E-state index in [0.717, 1.165) is 4.88 Å². The molecule has 5 nitrogen and oxygen atoms in total. The van der Waals surface area contributed by atoms with Gasteiger partial charge >= 0.3 is 0 Å². The number of nitrogens with one attached hydrogen (secondary N) is 1. The molecule has 0 unspecified atom stereocenters. The molecule has 20 heavy (non-hydrogen) atoms. The lowest BCUT2D eigenvalue weighted by Crippen LogP contribution is -2.50. The molecule has 114 valence electrons. The van der Waals surface area contributed by atoms with Crippen LogP contribution in [0.3, 0.4) is 0 Å². The van der Waals surface area contributed by atoms with E-state index in [-0.39, 0.29) is 0 Å². The van der Waals surface area contributed by atoms with Gasteiger partial charge in [-0.2, -0.15) is 4.31 Å². The summed E-state index contributed by atoms with van der Waals surface area (Å²) >= 11 is 4.82. The van der Waals surface area contributed by atoms with Gasteiger partial charge in [0, 0.05) is 24.5 Å². The second-order valence-corrected chi connectivity index (χ2v) is 9.69. The molecule has 0 bridgehead atoms. The minimum atomic E-state index is -3.47. The smallest absolute Gasteiger partial charge is 0.245 e. The van der Waals surface area contributed by atoms with Crippen LogP contribution < -0.4 is 5.32 Å². The quantitative estimate of drug-likeness (QED) is 0.865. The maximum Gasteiger partial charge on any atom is 0.245 e. The van der Waals surface area contributed by atoms with E-state index in [0.29, 0.717) is 34.9 Å². The standard InChI is InChI=1S/C12H19BrN2O3S2/c1-12(2)8-15(4-5-18-12)20(16,17)10-6-9(7-14-3)19-11(10)13/h6,14H,4-5,7-8H2,1-3H3. The molecule has 1 aliphatic rings. The number of thiophene rings is 1. The first kappa shape index (κ1) is 16.4. The van der Waals surface area contributed by atoms with Crippen molar-refractivity contribution < 1.29 is 13.2 Å². The van der Waals surface area contributed by atoms with E-state index in [4.69, 9.17) is 4.74 Å². The molecule has 1 saturated heterocycles. The highest BCUT2D eigenvalue weighted by Crippen LogP contribution is 2.34. The predicted molar refractivity (Wildman–Crippen MR) is 83.6 cm³/mol. The Bertz CT molecular complexity index is 584. The van der Waals surface area contributed by atoms with Gasteiger partial charge in [-0.05, 0) is 42.9 Å². The molecular weight excluding hydrogens is 364 g/mol. The van der Waals surface area contributed by atoms with Crippen LogP contribution in [0.15, 0.2) is 14.7 Å². The Balaban J connectivity index is 2.30. The molecule has 0 radical (unpaired) electrons. The van der Waals surface area contributed by atoms with Crippen LogP contribution in [0.2, 0.25) is 0 Å². The molecule has 1 N–H and O–H groups in total. The topological polar surface area (TPSA) is 58.6 Å². The summed E-state index contributed by atoms with van der Waals surface area (Å²) in [7, 11) is -1.63. The zero-order valence-corrected chi connectivity index (χ0v) is 15.0. The third kappa shape index (κ3) is 3.42. The van der Waals surface area contributed by atoms with E-state index >= 15 is 0 Å². The van der Waals surface area contributed by atoms with Crippen LogP contribution in [0.4, 0.5) is 0 Å². The monoisotopic (exact) mass is 382 g/mol.